The Morgan fingerprint density at radius 3 is 2.69 bits per heavy atom. The monoisotopic (exact) mass is 351 g/mol. The number of aromatic nitrogens is 1. The summed E-state index contributed by atoms with van der Waals surface area (Å²) < 4.78 is 0. The van der Waals surface area contributed by atoms with Crippen LogP contribution in [-0.4, -0.2) is 30.5 Å². The molecule has 0 radical (unpaired) electrons. The summed E-state index contributed by atoms with van der Waals surface area (Å²) in [5.74, 6) is 1.65. The van der Waals surface area contributed by atoms with E-state index in [1.165, 1.54) is 18.4 Å². The molecule has 1 aromatic carbocycles. The molecule has 0 unspecified atom stereocenters. The Kier molecular flexibility index (Phi) is 6.64. The number of amides is 1. The summed E-state index contributed by atoms with van der Waals surface area (Å²) in [7, 11) is 0. The molecule has 2 aromatic rings. The lowest BCUT2D eigenvalue weighted by Crippen LogP contribution is -2.35. The van der Waals surface area contributed by atoms with Gasteiger partial charge < -0.3 is 10.2 Å². The molecule has 2 heterocycles. The highest BCUT2D eigenvalue weighted by atomic mass is 16.1. The molecule has 0 bridgehead atoms. The molecule has 1 N–H and O–H groups in total. The molecule has 1 aliphatic heterocycles. The highest BCUT2D eigenvalue weighted by Crippen LogP contribution is 2.25. The van der Waals surface area contributed by atoms with E-state index in [0.717, 1.165) is 50.6 Å². The van der Waals surface area contributed by atoms with Crippen LogP contribution in [0, 0.1) is 5.92 Å². The van der Waals surface area contributed by atoms with Crippen molar-refractivity contribution >= 4 is 11.7 Å². The SMILES string of the molecule is CCCCNC(=O)c1ccnc(N2CCC(Cc3ccccc3)CC2)c1. The van der Waals surface area contributed by atoms with Gasteiger partial charge in [0.15, 0.2) is 0 Å². The maximum atomic E-state index is 12.3. The first-order valence-corrected chi connectivity index (χ1v) is 9.79. The molecular weight excluding hydrogens is 322 g/mol. The van der Waals surface area contributed by atoms with Crippen molar-refractivity contribution in [1.82, 2.24) is 10.3 Å². The molecule has 1 saturated heterocycles. The van der Waals surface area contributed by atoms with E-state index < -0.39 is 0 Å². The number of hydrogen-bond acceptors (Lipinski definition) is 3. The standard InChI is InChI=1S/C22H29N3O/c1-2-3-12-24-22(26)20-9-13-23-21(17-20)25-14-10-19(11-15-25)16-18-7-5-4-6-8-18/h4-9,13,17,19H,2-3,10-12,14-16H2,1H3,(H,24,26). The van der Waals surface area contributed by atoms with Gasteiger partial charge in [-0.25, -0.2) is 4.98 Å². The summed E-state index contributed by atoms with van der Waals surface area (Å²) in [6.45, 7) is 4.87. The molecule has 1 amide bonds. The second-order valence-corrected chi connectivity index (χ2v) is 7.13. The highest BCUT2D eigenvalue weighted by molar-refractivity contribution is 5.94. The van der Waals surface area contributed by atoms with E-state index in [4.69, 9.17) is 0 Å². The number of piperidine rings is 1. The van der Waals surface area contributed by atoms with Crippen molar-refractivity contribution in [3.8, 4) is 0 Å². The van der Waals surface area contributed by atoms with E-state index in [1.54, 1.807) is 12.3 Å². The van der Waals surface area contributed by atoms with Gasteiger partial charge in [0.1, 0.15) is 5.82 Å². The number of rotatable bonds is 7. The van der Waals surface area contributed by atoms with Crippen molar-refractivity contribution in [2.24, 2.45) is 5.92 Å². The summed E-state index contributed by atoms with van der Waals surface area (Å²) in [5.41, 5.74) is 2.13. The Balaban J connectivity index is 1.54. The number of nitrogens with one attached hydrogen (secondary N) is 1. The summed E-state index contributed by atoms with van der Waals surface area (Å²) in [6, 6.07) is 14.5. The van der Waals surface area contributed by atoms with Crippen LogP contribution in [0.3, 0.4) is 0 Å². The summed E-state index contributed by atoms with van der Waals surface area (Å²) in [6.07, 6.45) is 7.34. The van der Waals surface area contributed by atoms with Gasteiger partial charge in [0.2, 0.25) is 0 Å². The number of anilines is 1. The van der Waals surface area contributed by atoms with Crippen LogP contribution in [0.5, 0.6) is 0 Å². The number of nitrogens with zero attached hydrogens (tertiary/aromatic N) is 2. The quantitative estimate of drug-likeness (QED) is 0.765. The van der Waals surface area contributed by atoms with E-state index in [9.17, 15) is 4.79 Å². The smallest absolute Gasteiger partial charge is 0.251 e. The van der Waals surface area contributed by atoms with E-state index >= 15 is 0 Å². The zero-order valence-corrected chi connectivity index (χ0v) is 15.7. The van der Waals surface area contributed by atoms with Crippen LogP contribution < -0.4 is 10.2 Å². The Labute approximate surface area is 156 Å². The van der Waals surface area contributed by atoms with Crippen molar-refractivity contribution in [1.29, 1.82) is 0 Å². The Hall–Kier alpha value is -2.36. The number of benzene rings is 1. The number of hydrogen-bond donors (Lipinski definition) is 1. The zero-order chi connectivity index (χ0) is 18.2. The molecule has 4 heteroatoms. The number of carbonyl (C=O) groups excluding carboxylic acids is 1. The van der Waals surface area contributed by atoms with Crippen molar-refractivity contribution in [2.45, 2.75) is 39.0 Å². The van der Waals surface area contributed by atoms with Crippen LogP contribution in [0.15, 0.2) is 48.7 Å². The molecular formula is C22H29N3O. The van der Waals surface area contributed by atoms with Crippen LogP contribution in [0.1, 0.15) is 48.5 Å². The van der Waals surface area contributed by atoms with Crippen molar-refractivity contribution in [3.05, 3.63) is 59.8 Å². The van der Waals surface area contributed by atoms with Gasteiger partial charge in [-0.15, -0.1) is 0 Å². The third-order valence-electron chi connectivity index (χ3n) is 5.13. The maximum Gasteiger partial charge on any atom is 0.251 e. The molecule has 0 spiro atoms. The second kappa shape index (κ2) is 9.37. The molecule has 1 aromatic heterocycles. The molecule has 0 saturated carbocycles. The van der Waals surface area contributed by atoms with Gasteiger partial charge in [-0.1, -0.05) is 43.7 Å². The van der Waals surface area contributed by atoms with Crippen LogP contribution in [0.25, 0.3) is 0 Å². The predicted molar refractivity (Wildman–Crippen MR) is 107 cm³/mol. The van der Waals surface area contributed by atoms with Gasteiger partial charge in [0.05, 0.1) is 0 Å². The van der Waals surface area contributed by atoms with E-state index in [-0.39, 0.29) is 5.91 Å². The first kappa shape index (κ1) is 18.4. The van der Waals surface area contributed by atoms with Gasteiger partial charge in [-0.2, -0.15) is 0 Å². The van der Waals surface area contributed by atoms with Crippen LogP contribution in [0.2, 0.25) is 0 Å². The van der Waals surface area contributed by atoms with Crippen LogP contribution >= 0.6 is 0 Å². The summed E-state index contributed by atoms with van der Waals surface area (Å²) >= 11 is 0. The zero-order valence-electron chi connectivity index (χ0n) is 15.7. The van der Waals surface area contributed by atoms with Gasteiger partial charge in [0.25, 0.3) is 5.91 Å². The summed E-state index contributed by atoms with van der Waals surface area (Å²) in [5, 5.41) is 2.98. The van der Waals surface area contributed by atoms with Gasteiger partial charge >= 0.3 is 0 Å². The van der Waals surface area contributed by atoms with Crippen LogP contribution in [0.4, 0.5) is 5.82 Å². The molecule has 4 nitrogen and oxygen atoms in total. The molecule has 138 valence electrons. The van der Waals surface area contributed by atoms with E-state index in [1.807, 2.05) is 6.07 Å². The van der Waals surface area contributed by atoms with Gasteiger partial charge in [-0.05, 0) is 49.3 Å². The van der Waals surface area contributed by atoms with Crippen LogP contribution in [-0.2, 0) is 6.42 Å². The predicted octanol–water partition coefficient (Wildman–Crippen LogP) is 4.07. The molecule has 0 atom stereocenters. The van der Waals surface area contributed by atoms with E-state index in [0.29, 0.717) is 5.56 Å². The van der Waals surface area contributed by atoms with Crippen molar-refractivity contribution in [3.63, 3.8) is 0 Å². The molecule has 1 fully saturated rings. The Morgan fingerprint density at radius 1 is 1.19 bits per heavy atom. The average molecular weight is 351 g/mol. The van der Waals surface area contributed by atoms with Gasteiger partial charge in [0, 0.05) is 31.4 Å². The lowest BCUT2D eigenvalue weighted by molar-refractivity contribution is 0.0953. The first-order valence-electron chi connectivity index (χ1n) is 9.79. The number of unbranched alkanes of at least 4 members (excludes halogenated alkanes) is 1. The fourth-order valence-corrected chi connectivity index (χ4v) is 3.53. The lowest BCUT2D eigenvalue weighted by atomic mass is 9.90. The topological polar surface area (TPSA) is 45.2 Å². The third-order valence-corrected chi connectivity index (χ3v) is 5.13. The Bertz CT molecular complexity index is 694. The number of pyridine rings is 1. The fraction of sp³-hybridized carbons (Fsp3) is 0.455. The summed E-state index contributed by atoms with van der Waals surface area (Å²) in [4.78, 5) is 19.1. The minimum atomic E-state index is 0.000985. The molecule has 1 aliphatic rings. The van der Waals surface area contributed by atoms with Gasteiger partial charge in [-0.3, -0.25) is 4.79 Å². The minimum Gasteiger partial charge on any atom is -0.357 e. The third kappa shape index (κ3) is 5.07. The maximum absolute atomic E-state index is 12.3. The second-order valence-electron chi connectivity index (χ2n) is 7.13. The molecule has 3 rings (SSSR count). The molecule has 26 heavy (non-hydrogen) atoms. The highest BCUT2D eigenvalue weighted by Gasteiger charge is 2.21. The largest absolute Gasteiger partial charge is 0.357 e. The van der Waals surface area contributed by atoms with Crippen molar-refractivity contribution in [2.75, 3.05) is 24.5 Å². The lowest BCUT2D eigenvalue weighted by Gasteiger charge is -2.33. The normalized spacial score (nSPS) is 15.0. The molecule has 0 aliphatic carbocycles. The fourth-order valence-electron chi connectivity index (χ4n) is 3.53. The number of carbonyl (C=O) groups is 1. The Morgan fingerprint density at radius 2 is 1.96 bits per heavy atom. The average Bonchev–Trinajstić information content (AvgIpc) is 2.69. The van der Waals surface area contributed by atoms with Crippen molar-refractivity contribution < 1.29 is 4.79 Å². The minimum absolute atomic E-state index is 0.000985. The van der Waals surface area contributed by atoms with E-state index in [2.05, 4.69) is 52.5 Å². The first-order chi connectivity index (χ1) is 12.8.